The van der Waals surface area contributed by atoms with Crippen molar-refractivity contribution >= 4 is 18.7 Å². The molecule has 0 atom stereocenters. The smallest absolute Gasteiger partial charge is 0.261 e. The Balaban J connectivity index is 1.75. The first-order valence-electron chi connectivity index (χ1n) is 25.4. The van der Waals surface area contributed by atoms with E-state index in [4.69, 9.17) is 4.43 Å². The van der Waals surface area contributed by atoms with E-state index in [1.54, 1.807) is 0 Å². The summed E-state index contributed by atoms with van der Waals surface area (Å²) in [6.45, 7) is 16.1. The third-order valence-corrected chi connectivity index (χ3v) is 17.8. The molecular weight excluding hydrogens is 707 g/mol. The van der Waals surface area contributed by atoms with E-state index in [2.05, 4.69) is 100 Å². The standard InChI is InChI=1S/C54H97NOSi/c1-6-8-10-12-14-16-18-20-22-24-26-28-30-32-34-42-48-55(49-43-35-33-31-29-27-25-23-21-19-17-15-13-11-9-7-2)50-51-56-57(54(3,4)5,52-44-38-36-39-45-52)53-46-40-37-41-47-53/h36-41,44-47H,6-35,42-43,48-51H2,1-5H3. The molecular formula is C54H97NOSi. The summed E-state index contributed by atoms with van der Waals surface area (Å²) in [5.74, 6) is 0. The first kappa shape index (κ1) is 51.7. The fraction of sp³-hybridized carbons (Fsp3) is 0.778. The number of hydrogen-bond acceptors (Lipinski definition) is 2. The minimum absolute atomic E-state index is 0.0301. The lowest BCUT2D eigenvalue weighted by atomic mass is 10.0. The van der Waals surface area contributed by atoms with Gasteiger partial charge in [0.1, 0.15) is 0 Å². The van der Waals surface area contributed by atoms with E-state index >= 15 is 0 Å². The van der Waals surface area contributed by atoms with Crippen LogP contribution in [0.25, 0.3) is 0 Å². The average molecular weight is 804 g/mol. The van der Waals surface area contributed by atoms with E-state index in [0.717, 1.165) is 13.2 Å². The molecule has 0 unspecified atom stereocenters. The van der Waals surface area contributed by atoms with Gasteiger partial charge in [-0.2, -0.15) is 0 Å². The molecule has 328 valence electrons. The molecule has 0 radical (unpaired) electrons. The van der Waals surface area contributed by atoms with Crippen LogP contribution in [0.3, 0.4) is 0 Å². The maximum atomic E-state index is 7.36. The Kier molecular flexibility index (Phi) is 32.1. The molecule has 0 aliphatic heterocycles. The largest absolute Gasteiger partial charge is 0.406 e. The number of hydrogen-bond donors (Lipinski definition) is 0. The van der Waals surface area contributed by atoms with Gasteiger partial charge in [-0.25, -0.2) is 0 Å². The average Bonchev–Trinajstić information content (AvgIpc) is 3.22. The van der Waals surface area contributed by atoms with Crippen molar-refractivity contribution < 1.29 is 4.43 Å². The Morgan fingerprint density at radius 2 is 0.632 bits per heavy atom. The highest BCUT2D eigenvalue weighted by Crippen LogP contribution is 2.36. The molecule has 57 heavy (non-hydrogen) atoms. The summed E-state index contributed by atoms with van der Waals surface area (Å²) in [5.41, 5.74) is 0. The van der Waals surface area contributed by atoms with E-state index in [-0.39, 0.29) is 5.04 Å². The Hall–Kier alpha value is -1.42. The summed E-state index contributed by atoms with van der Waals surface area (Å²) < 4.78 is 7.36. The van der Waals surface area contributed by atoms with Gasteiger partial charge in [0.25, 0.3) is 8.32 Å². The van der Waals surface area contributed by atoms with Crippen LogP contribution in [0.5, 0.6) is 0 Å². The second kappa shape index (κ2) is 35.3. The van der Waals surface area contributed by atoms with Crippen LogP contribution in [0, 0.1) is 0 Å². The van der Waals surface area contributed by atoms with Gasteiger partial charge in [0, 0.05) is 13.2 Å². The molecule has 0 saturated carbocycles. The van der Waals surface area contributed by atoms with Crippen LogP contribution in [0.4, 0.5) is 0 Å². The first-order valence-corrected chi connectivity index (χ1v) is 27.3. The fourth-order valence-corrected chi connectivity index (χ4v) is 13.7. The Bertz CT molecular complexity index is 1040. The minimum atomic E-state index is -2.50. The van der Waals surface area contributed by atoms with Crippen molar-refractivity contribution in [2.24, 2.45) is 0 Å². The Morgan fingerprint density at radius 3 is 0.895 bits per heavy atom. The highest BCUT2D eigenvalue weighted by Gasteiger charge is 2.50. The predicted octanol–water partition coefficient (Wildman–Crippen LogP) is 16.4. The third-order valence-electron chi connectivity index (χ3n) is 12.8. The van der Waals surface area contributed by atoms with Gasteiger partial charge >= 0.3 is 0 Å². The molecule has 3 heteroatoms. The van der Waals surface area contributed by atoms with Crippen molar-refractivity contribution in [2.75, 3.05) is 26.2 Å². The second-order valence-corrected chi connectivity index (χ2v) is 23.3. The van der Waals surface area contributed by atoms with Crippen molar-refractivity contribution in [2.45, 2.75) is 245 Å². The lowest BCUT2D eigenvalue weighted by Gasteiger charge is -2.43. The van der Waals surface area contributed by atoms with Gasteiger partial charge < -0.3 is 9.33 Å². The normalized spacial score (nSPS) is 12.2. The van der Waals surface area contributed by atoms with E-state index in [1.807, 2.05) is 0 Å². The van der Waals surface area contributed by atoms with Gasteiger partial charge in [-0.15, -0.1) is 0 Å². The highest BCUT2D eigenvalue weighted by atomic mass is 28.4. The second-order valence-electron chi connectivity index (χ2n) is 19.0. The molecule has 2 nitrogen and oxygen atoms in total. The lowest BCUT2D eigenvalue weighted by molar-refractivity contribution is 0.195. The summed E-state index contributed by atoms with van der Waals surface area (Å²) in [6.07, 6.45) is 45.8. The van der Waals surface area contributed by atoms with E-state index < -0.39 is 8.32 Å². The molecule has 0 aliphatic carbocycles. The molecule has 0 aromatic heterocycles. The van der Waals surface area contributed by atoms with Crippen molar-refractivity contribution in [3.8, 4) is 0 Å². The number of rotatable bonds is 40. The maximum absolute atomic E-state index is 7.36. The van der Waals surface area contributed by atoms with Gasteiger partial charge in [-0.3, -0.25) is 0 Å². The maximum Gasteiger partial charge on any atom is 0.261 e. The van der Waals surface area contributed by atoms with Gasteiger partial charge in [0.2, 0.25) is 0 Å². The minimum Gasteiger partial charge on any atom is -0.406 e. The van der Waals surface area contributed by atoms with Crippen molar-refractivity contribution in [1.29, 1.82) is 0 Å². The molecule has 0 amide bonds. The van der Waals surface area contributed by atoms with Crippen molar-refractivity contribution in [3.05, 3.63) is 60.7 Å². The zero-order valence-electron chi connectivity index (χ0n) is 39.1. The zero-order valence-corrected chi connectivity index (χ0v) is 40.1. The van der Waals surface area contributed by atoms with Gasteiger partial charge in [0.15, 0.2) is 0 Å². The quantitative estimate of drug-likeness (QED) is 0.0491. The van der Waals surface area contributed by atoms with Crippen LogP contribution in [0.15, 0.2) is 60.7 Å². The van der Waals surface area contributed by atoms with Crippen LogP contribution in [-0.2, 0) is 4.43 Å². The third kappa shape index (κ3) is 24.4. The topological polar surface area (TPSA) is 12.5 Å². The van der Waals surface area contributed by atoms with Crippen LogP contribution < -0.4 is 10.4 Å². The van der Waals surface area contributed by atoms with Crippen molar-refractivity contribution in [1.82, 2.24) is 4.90 Å². The van der Waals surface area contributed by atoms with Crippen LogP contribution >= 0.6 is 0 Å². The Morgan fingerprint density at radius 1 is 0.368 bits per heavy atom. The number of nitrogens with zero attached hydrogens (tertiary/aromatic N) is 1. The fourth-order valence-electron chi connectivity index (χ4n) is 9.19. The van der Waals surface area contributed by atoms with E-state index in [1.165, 1.54) is 229 Å². The molecule has 0 saturated heterocycles. The number of benzene rings is 2. The number of unbranched alkanes of at least 4 members (excludes halogenated alkanes) is 30. The SMILES string of the molecule is CCCCCCCCCCCCCCCCCCN(CCCCCCCCCCCCCCCCCC)CCO[Si](c1ccccc1)(c1ccccc1)C(C)(C)C. The molecule has 2 aromatic rings. The highest BCUT2D eigenvalue weighted by molar-refractivity contribution is 6.99. The van der Waals surface area contributed by atoms with Gasteiger partial charge in [0.05, 0.1) is 0 Å². The van der Waals surface area contributed by atoms with Crippen molar-refractivity contribution in [3.63, 3.8) is 0 Å². The molecule has 0 spiro atoms. The molecule has 2 aromatic carbocycles. The summed E-state index contributed by atoms with van der Waals surface area (Å²) in [4.78, 5) is 2.77. The summed E-state index contributed by atoms with van der Waals surface area (Å²) in [7, 11) is -2.50. The van der Waals surface area contributed by atoms with Crippen LogP contribution in [0.1, 0.15) is 240 Å². The molecule has 0 heterocycles. The first-order chi connectivity index (χ1) is 28.0. The van der Waals surface area contributed by atoms with Crippen LogP contribution in [0.2, 0.25) is 5.04 Å². The van der Waals surface area contributed by atoms with E-state index in [0.29, 0.717) is 0 Å². The van der Waals surface area contributed by atoms with Gasteiger partial charge in [-0.1, -0.05) is 288 Å². The van der Waals surface area contributed by atoms with E-state index in [9.17, 15) is 0 Å². The zero-order chi connectivity index (χ0) is 41.0. The molecule has 2 rings (SSSR count). The lowest BCUT2D eigenvalue weighted by Crippen LogP contribution is -2.67. The summed E-state index contributed by atoms with van der Waals surface area (Å²) >= 11 is 0. The Labute approximate surface area is 358 Å². The predicted molar refractivity (Wildman–Crippen MR) is 259 cm³/mol. The monoisotopic (exact) mass is 804 g/mol. The molecule has 0 bridgehead atoms. The summed E-state index contributed by atoms with van der Waals surface area (Å²) in [5, 5.41) is 2.82. The molecule has 0 aliphatic rings. The molecule has 0 N–H and O–H groups in total. The van der Waals surface area contributed by atoms with Crippen LogP contribution in [-0.4, -0.2) is 39.5 Å². The summed E-state index contributed by atoms with van der Waals surface area (Å²) in [6, 6.07) is 22.4. The van der Waals surface area contributed by atoms with Gasteiger partial charge in [-0.05, 0) is 41.3 Å². The molecule has 0 fully saturated rings.